The number of aryl methyl sites for hydroxylation is 1. The van der Waals surface area contributed by atoms with Crippen LogP contribution in [0.15, 0.2) is 18.3 Å². The van der Waals surface area contributed by atoms with E-state index in [1.54, 1.807) is 6.07 Å². The van der Waals surface area contributed by atoms with Gasteiger partial charge in [-0.15, -0.1) is 0 Å². The van der Waals surface area contributed by atoms with Crippen LogP contribution in [0.4, 0.5) is 4.39 Å². The van der Waals surface area contributed by atoms with E-state index < -0.39 is 0 Å². The summed E-state index contributed by atoms with van der Waals surface area (Å²) in [5, 5.41) is 0. The summed E-state index contributed by atoms with van der Waals surface area (Å²) in [5.74, 6) is 0.194. The Balaban J connectivity index is 2.57. The predicted molar refractivity (Wildman–Crippen MR) is 62.1 cm³/mol. The van der Waals surface area contributed by atoms with Gasteiger partial charge < -0.3 is 4.98 Å². The van der Waals surface area contributed by atoms with Crippen LogP contribution in [-0.2, 0) is 0 Å². The van der Waals surface area contributed by atoms with Crippen LogP contribution in [0.2, 0.25) is 0 Å². The molecule has 0 saturated carbocycles. The SMILES string of the molecule is Cc1[nH]c(-c2ccc(F)cn2)nc(=S)c1C. The molecule has 0 atom stereocenters. The minimum atomic E-state index is -0.369. The number of pyridine rings is 1. The summed E-state index contributed by atoms with van der Waals surface area (Å²) in [7, 11) is 0. The van der Waals surface area contributed by atoms with Gasteiger partial charge in [-0.05, 0) is 26.0 Å². The predicted octanol–water partition coefficient (Wildman–Crippen LogP) is 2.96. The fraction of sp³-hybridized carbons (Fsp3) is 0.182. The van der Waals surface area contributed by atoms with Crippen LogP contribution in [-0.4, -0.2) is 15.0 Å². The third-order valence-electron chi connectivity index (χ3n) is 2.37. The zero-order valence-corrected chi connectivity index (χ0v) is 9.73. The number of aromatic nitrogens is 3. The molecule has 82 valence electrons. The van der Waals surface area contributed by atoms with Crippen LogP contribution in [0.3, 0.4) is 0 Å². The van der Waals surface area contributed by atoms with Crippen LogP contribution in [0.5, 0.6) is 0 Å². The van der Waals surface area contributed by atoms with Gasteiger partial charge in [-0.2, -0.15) is 0 Å². The highest BCUT2D eigenvalue weighted by Gasteiger charge is 2.05. The highest BCUT2D eigenvalue weighted by atomic mass is 32.1. The van der Waals surface area contributed by atoms with Gasteiger partial charge in [-0.3, -0.25) is 0 Å². The van der Waals surface area contributed by atoms with E-state index in [0.717, 1.165) is 17.5 Å². The topological polar surface area (TPSA) is 41.6 Å². The lowest BCUT2D eigenvalue weighted by atomic mass is 10.2. The van der Waals surface area contributed by atoms with Gasteiger partial charge in [0.25, 0.3) is 0 Å². The van der Waals surface area contributed by atoms with Crippen molar-refractivity contribution in [3.63, 3.8) is 0 Å². The molecule has 2 heterocycles. The second-order valence-electron chi connectivity index (χ2n) is 3.50. The van der Waals surface area contributed by atoms with Crippen molar-refractivity contribution in [3.05, 3.63) is 40.0 Å². The van der Waals surface area contributed by atoms with Crippen molar-refractivity contribution in [1.82, 2.24) is 15.0 Å². The number of halogens is 1. The molecule has 0 spiro atoms. The van der Waals surface area contributed by atoms with Gasteiger partial charge in [-0.1, -0.05) is 12.2 Å². The average Bonchev–Trinajstić information content (AvgIpc) is 2.26. The third-order valence-corrected chi connectivity index (χ3v) is 2.77. The Kier molecular flexibility index (Phi) is 2.78. The molecule has 0 bridgehead atoms. The second kappa shape index (κ2) is 4.09. The van der Waals surface area contributed by atoms with E-state index in [1.807, 2.05) is 13.8 Å². The Morgan fingerprint density at radius 3 is 2.62 bits per heavy atom. The maximum Gasteiger partial charge on any atom is 0.157 e. The van der Waals surface area contributed by atoms with Gasteiger partial charge in [0.2, 0.25) is 0 Å². The second-order valence-corrected chi connectivity index (χ2v) is 3.89. The summed E-state index contributed by atoms with van der Waals surface area (Å²) in [6, 6.07) is 2.91. The minimum absolute atomic E-state index is 0.369. The first-order valence-electron chi connectivity index (χ1n) is 4.77. The van der Waals surface area contributed by atoms with Crippen molar-refractivity contribution in [3.8, 4) is 11.5 Å². The number of nitrogens with one attached hydrogen (secondary N) is 1. The molecule has 0 aliphatic heterocycles. The molecule has 0 aliphatic carbocycles. The number of rotatable bonds is 1. The zero-order valence-electron chi connectivity index (χ0n) is 8.91. The number of H-pyrrole nitrogens is 1. The van der Waals surface area contributed by atoms with E-state index in [1.165, 1.54) is 6.07 Å². The highest BCUT2D eigenvalue weighted by Crippen LogP contribution is 2.14. The van der Waals surface area contributed by atoms with Gasteiger partial charge in [0.1, 0.15) is 16.2 Å². The molecule has 3 nitrogen and oxygen atoms in total. The number of hydrogen-bond donors (Lipinski definition) is 1. The lowest BCUT2D eigenvalue weighted by Crippen LogP contribution is -1.97. The van der Waals surface area contributed by atoms with Crippen LogP contribution < -0.4 is 0 Å². The molecule has 0 aliphatic rings. The summed E-state index contributed by atoms with van der Waals surface area (Å²) in [6.45, 7) is 3.82. The van der Waals surface area contributed by atoms with Crippen molar-refractivity contribution in [1.29, 1.82) is 0 Å². The Hall–Kier alpha value is -1.62. The molecule has 0 unspecified atom stereocenters. The Morgan fingerprint density at radius 1 is 1.31 bits per heavy atom. The van der Waals surface area contributed by atoms with Crippen LogP contribution in [0.25, 0.3) is 11.5 Å². The monoisotopic (exact) mass is 235 g/mol. The molecule has 1 N–H and O–H groups in total. The molecule has 0 fully saturated rings. The quantitative estimate of drug-likeness (QED) is 0.773. The van der Waals surface area contributed by atoms with Gasteiger partial charge in [0.05, 0.1) is 6.20 Å². The maximum absolute atomic E-state index is 12.7. The first kappa shape index (κ1) is 10.9. The van der Waals surface area contributed by atoms with Gasteiger partial charge in [0.15, 0.2) is 5.82 Å². The van der Waals surface area contributed by atoms with E-state index in [2.05, 4.69) is 15.0 Å². The molecule has 0 amide bonds. The van der Waals surface area contributed by atoms with E-state index in [4.69, 9.17) is 12.2 Å². The lowest BCUT2D eigenvalue weighted by molar-refractivity contribution is 0.621. The molecular weight excluding hydrogens is 225 g/mol. The fourth-order valence-corrected chi connectivity index (χ4v) is 1.53. The van der Waals surface area contributed by atoms with E-state index in [9.17, 15) is 4.39 Å². The number of hydrogen-bond acceptors (Lipinski definition) is 3. The normalized spacial score (nSPS) is 10.4. The molecule has 2 aromatic rings. The van der Waals surface area contributed by atoms with Crippen molar-refractivity contribution >= 4 is 12.2 Å². The molecule has 5 heteroatoms. The Labute approximate surface area is 97.4 Å². The first-order chi connectivity index (χ1) is 7.58. The summed E-state index contributed by atoms with van der Waals surface area (Å²) in [4.78, 5) is 11.2. The first-order valence-corrected chi connectivity index (χ1v) is 5.18. The molecular formula is C11H10FN3S. The highest BCUT2D eigenvalue weighted by molar-refractivity contribution is 7.71. The Morgan fingerprint density at radius 2 is 2.06 bits per heavy atom. The standard InChI is InChI=1S/C11H10FN3S/c1-6-7(2)14-10(15-11(6)16)9-4-3-8(12)5-13-9/h3-5H,1-2H3,(H,14,15,16). The minimum Gasteiger partial charge on any atom is -0.342 e. The van der Waals surface area contributed by atoms with Gasteiger partial charge in [0, 0.05) is 11.3 Å². The Bertz CT molecular complexity index is 575. The number of nitrogens with zero attached hydrogens (tertiary/aromatic N) is 2. The van der Waals surface area contributed by atoms with Crippen LogP contribution >= 0.6 is 12.2 Å². The summed E-state index contributed by atoms with van der Waals surface area (Å²) < 4.78 is 13.3. The van der Waals surface area contributed by atoms with Crippen molar-refractivity contribution in [2.45, 2.75) is 13.8 Å². The summed E-state index contributed by atoms with van der Waals surface area (Å²) in [6.07, 6.45) is 1.16. The van der Waals surface area contributed by atoms with Crippen molar-refractivity contribution in [2.24, 2.45) is 0 Å². The smallest absolute Gasteiger partial charge is 0.157 e. The summed E-state index contributed by atoms with van der Waals surface area (Å²) >= 11 is 5.12. The maximum atomic E-state index is 12.7. The fourth-order valence-electron chi connectivity index (χ4n) is 1.28. The van der Waals surface area contributed by atoms with Crippen LogP contribution in [0.1, 0.15) is 11.3 Å². The number of aromatic amines is 1. The average molecular weight is 235 g/mol. The van der Waals surface area contributed by atoms with E-state index in [0.29, 0.717) is 16.2 Å². The van der Waals surface area contributed by atoms with E-state index >= 15 is 0 Å². The molecule has 2 rings (SSSR count). The van der Waals surface area contributed by atoms with Crippen LogP contribution in [0, 0.1) is 24.3 Å². The lowest BCUT2D eigenvalue weighted by Gasteiger charge is -2.04. The third kappa shape index (κ3) is 1.99. The van der Waals surface area contributed by atoms with Crippen molar-refractivity contribution < 1.29 is 4.39 Å². The molecule has 0 aromatic carbocycles. The van der Waals surface area contributed by atoms with Gasteiger partial charge >= 0.3 is 0 Å². The zero-order chi connectivity index (χ0) is 11.7. The van der Waals surface area contributed by atoms with Gasteiger partial charge in [-0.25, -0.2) is 14.4 Å². The van der Waals surface area contributed by atoms with E-state index in [-0.39, 0.29) is 5.82 Å². The molecule has 0 radical (unpaired) electrons. The molecule has 2 aromatic heterocycles. The molecule has 0 saturated heterocycles. The largest absolute Gasteiger partial charge is 0.342 e. The summed E-state index contributed by atoms with van der Waals surface area (Å²) in [5.41, 5.74) is 2.47. The van der Waals surface area contributed by atoms with Crippen molar-refractivity contribution in [2.75, 3.05) is 0 Å². The molecule has 16 heavy (non-hydrogen) atoms.